The molecule has 0 saturated carbocycles. The van der Waals surface area contributed by atoms with Crippen LogP contribution >= 0.6 is 0 Å². The maximum atomic E-state index is 9.76. The summed E-state index contributed by atoms with van der Waals surface area (Å²) >= 11 is 0. The van der Waals surface area contributed by atoms with Crippen LogP contribution in [0.1, 0.15) is 21.9 Å². The van der Waals surface area contributed by atoms with Gasteiger partial charge in [0.15, 0.2) is 17.5 Å². The highest BCUT2D eigenvalue weighted by atomic mass is 16.3. The molecule has 5 heteroatoms. The molecule has 0 bridgehead atoms. The Bertz CT molecular complexity index is 4120. The van der Waals surface area contributed by atoms with Gasteiger partial charge in [-0.2, -0.15) is 0 Å². The molecular formula is C47H28N4O. The minimum atomic E-state index is -0.756. The molecule has 3 aromatic heterocycles. The van der Waals surface area contributed by atoms with Crippen LogP contribution in [0, 0.1) is 0 Å². The van der Waals surface area contributed by atoms with Crippen molar-refractivity contribution in [1.82, 2.24) is 19.5 Å². The maximum absolute atomic E-state index is 9.76. The van der Waals surface area contributed by atoms with Crippen molar-refractivity contribution in [3.05, 3.63) is 169 Å². The average Bonchev–Trinajstić information content (AvgIpc) is 3.92. The molecular weight excluding hydrogens is 637 g/mol. The van der Waals surface area contributed by atoms with E-state index in [0.717, 1.165) is 15.3 Å². The fraction of sp³-hybridized carbons (Fsp3) is 0. The van der Waals surface area contributed by atoms with Gasteiger partial charge < -0.3 is 8.98 Å². The van der Waals surface area contributed by atoms with E-state index in [-0.39, 0.29) is 50.2 Å². The number of furan rings is 1. The van der Waals surface area contributed by atoms with E-state index >= 15 is 0 Å². The quantitative estimate of drug-likeness (QED) is 0.186. The van der Waals surface area contributed by atoms with E-state index < -0.39 is 130 Å². The number of hydrogen-bond donors (Lipinski definition) is 0. The van der Waals surface area contributed by atoms with Crippen LogP contribution in [0.5, 0.6) is 0 Å². The number of aromatic nitrogens is 4. The molecule has 0 aliphatic heterocycles. The third-order valence-corrected chi connectivity index (χ3v) is 8.96. The summed E-state index contributed by atoms with van der Waals surface area (Å²) in [6.07, 6.45) is 0. The van der Waals surface area contributed by atoms with Gasteiger partial charge in [-0.05, 0) is 63.9 Å². The minimum Gasteiger partial charge on any atom is -0.456 e. The number of para-hydroxylation sites is 1. The van der Waals surface area contributed by atoms with Crippen molar-refractivity contribution >= 4 is 65.3 Å². The third-order valence-electron chi connectivity index (χ3n) is 8.96. The zero-order chi connectivity index (χ0) is 48.1. The highest BCUT2D eigenvalue weighted by molar-refractivity contribution is 6.15. The van der Waals surface area contributed by atoms with E-state index in [2.05, 4.69) is 0 Å². The zero-order valence-corrected chi connectivity index (χ0v) is 26.6. The Hall–Kier alpha value is -7.11. The third kappa shape index (κ3) is 4.46. The molecule has 0 atom stereocenters. The monoisotopic (exact) mass is 680 g/mol. The first kappa shape index (κ1) is 17.2. The van der Waals surface area contributed by atoms with Gasteiger partial charge in [0.25, 0.3) is 0 Å². The molecule has 3 heterocycles. The molecule has 5 nitrogen and oxygen atoms in total. The number of nitrogens with zero attached hydrogens (tertiary/aromatic N) is 4. The van der Waals surface area contributed by atoms with E-state index in [1.165, 1.54) is 0 Å². The van der Waals surface area contributed by atoms with Crippen LogP contribution in [-0.4, -0.2) is 19.5 Å². The van der Waals surface area contributed by atoms with Gasteiger partial charge in [0.2, 0.25) is 0 Å². The van der Waals surface area contributed by atoms with Crippen molar-refractivity contribution in [1.29, 1.82) is 0 Å². The molecule has 0 radical (unpaired) electrons. The lowest BCUT2D eigenvalue weighted by Gasteiger charge is -2.10. The summed E-state index contributed by atoms with van der Waals surface area (Å²) in [7, 11) is 0. The second kappa shape index (κ2) is 11.2. The molecule has 11 rings (SSSR count). The van der Waals surface area contributed by atoms with Gasteiger partial charge in [-0.3, -0.25) is 0 Å². The summed E-state index contributed by atoms with van der Waals surface area (Å²) in [6, 6.07) is 11.5. The number of benzene rings is 8. The lowest BCUT2D eigenvalue weighted by molar-refractivity contribution is 0.668. The highest BCUT2D eigenvalue weighted by Gasteiger charge is 2.20. The topological polar surface area (TPSA) is 56.7 Å². The van der Waals surface area contributed by atoms with Gasteiger partial charge in [0, 0.05) is 50.0 Å². The molecule has 0 saturated heterocycles. The second-order valence-corrected chi connectivity index (χ2v) is 12.0. The van der Waals surface area contributed by atoms with Gasteiger partial charge in [-0.15, -0.1) is 0 Å². The first-order chi connectivity index (χ1) is 32.4. The van der Waals surface area contributed by atoms with Crippen molar-refractivity contribution in [2.24, 2.45) is 0 Å². The molecule has 0 unspecified atom stereocenters. The number of fused-ring (bicyclic) bond motifs is 8. The van der Waals surface area contributed by atoms with E-state index in [0.29, 0.717) is 11.1 Å². The predicted octanol–water partition coefficient (Wildman–Crippen LogP) is 12.2. The molecule has 0 aliphatic carbocycles. The van der Waals surface area contributed by atoms with Gasteiger partial charge in [-0.1, -0.05) is 121 Å². The largest absolute Gasteiger partial charge is 0.456 e. The summed E-state index contributed by atoms with van der Waals surface area (Å²) in [5, 5.41) is -0.0295. The summed E-state index contributed by atoms with van der Waals surface area (Å²) in [6.45, 7) is 0. The molecule has 52 heavy (non-hydrogen) atoms. The van der Waals surface area contributed by atoms with Crippen LogP contribution in [0.3, 0.4) is 0 Å². The lowest BCUT2D eigenvalue weighted by atomic mass is 10.0. The summed E-state index contributed by atoms with van der Waals surface area (Å²) in [5.74, 6) is 0.224. The summed E-state index contributed by atoms with van der Waals surface area (Å²) in [5.41, 5.74) is -1.20. The summed E-state index contributed by atoms with van der Waals surface area (Å²) in [4.78, 5) is 14.4. The van der Waals surface area contributed by atoms with Crippen molar-refractivity contribution in [2.45, 2.75) is 0 Å². The summed E-state index contributed by atoms with van der Waals surface area (Å²) < 4.78 is 152. The first-order valence-corrected chi connectivity index (χ1v) is 16.1. The molecule has 0 amide bonds. The smallest absolute Gasteiger partial charge is 0.164 e. The molecule has 11 aromatic rings. The van der Waals surface area contributed by atoms with E-state index in [9.17, 15) is 8.22 Å². The number of rotatable bonds is 4. The molecule has 0 fully saturated rings. The van der Waals surface area contributed by atoms with Gasteiger partial charge in [0.05, 0.1) is 33.0 Å². The van der Waals surface area contributed by atoms with E-state index in [4.69, 9.17) is 33.1 Å². The van der Waals surface area contributed by atoms with Crippen LogP contribution in [0.2, 0.25) is 0 Å². The Balaban J connectivity index is 1.28. The minimum absolute atomic E-state index is 0.139. The number of hydrogen-bond acceptors (Lipinski definition) is 4. The molecule has 242 valence electrons. The molecule has 0 spiro atoms. The van der Waals surface area contributed by atoms with Crippen LogP contribution in [0.15, 0.2) is 174 Å². The van der Waals surface area contributed by atoms with Crippen LogP contribution in [0.4, 0.5) is 0 Å². The Labute approximate surface area is 320 Å². The van der Waals surface area contributed by atoms with Crippen LogP contribution in [-0.2, 0) is 0 Å². The van der Waals surface area contributed by atoms with Crippen molar-refractivity contribution in [2.75, 3.05) is 0 Å². The van der Waals surface area contributed by atoms with Gasteiger partial charge in [0.1, 0.15) is 11.2 Å². The first-order valence-electron chi connectivity index (χ1n) is 24.1. The molecule has 8 aromatic carbocycles. The van der Waals surface area contributed by atoms with Gasteiger partial charge >= 0.3 is 0 Å². The van der Waals surface area contributed by atoms with Crippen molar-refractivity contribution in [3.63, 3.8) is 0 Å². The second-order valence-electron chi connectivity index (χ2n) is 12.0. The maximum Gasteiger partial charge on any atom is 0.164 e. The standard InChI is InChI=1S/C47H28N4O/c1-2-12-30(13-3-1)45-48-46(34-22-21-29-11-4-5-14-31(29)25-34)50-47(49-45)38-18-10-20-42-44(38)37-24-23-35(28-43(37)52-42)51-40-19-9-8-17-36(40)39-26-32-15-6-7-16-33(32)27-41(39)51/h1-28H/i6D,7D,8D,9D,10D,15D,16D,17D,18D,19D,20D,23D,24D,26D,27D,28D. The predicted molar refractivity (Wildman–Crippen MR) is 213 cm³/mol. The Morgan fingerprint density at radius 1 is 0.481 bits per heavy atom. The van der Waals surface area contributed by atoms with E-state index in [1.54, 1.807) is 24.3 Å². The average molecular weight is 681 g/mol. The molecule has 0 aliphatic rings. The normalized spacial score (nSPS) is 16.2. The van der Waals surface area contributed by atoms with Crippen molar-refractivity contribution in [3.8, 4) is 39.9 Å². The van der Waals surface area contributed by atoms with E-state index in [1.807, 2.05) is 48.5 Å². The van der Waals surface area contributed by atoms with Crippen LogP contribution in [0.25, 0.3) is 105 Å². The Morgan fingerprint density at radius 3 is 2.12 bits per heavy atom. The Morgan fingerprint density at radius 2 is 1.23 bits per heavy atom. The van der Waals surface area contributed by atoms with Crippen LogP contribution < -0.4 is 0 Å². The molecule has 0 N–H and O–H groups in total. The Kier molecular flexibility index (Phi) is 3.71. The fourth-order valence-corrected chi connectivity index (χ4v) is 6.58. The zero-order valence-electron chi connectivity index (χ0n) is 42.6. The van der Waals surface area contributed by atoms with Crippen molar-refractivity contribution < 1.29 is 26.3 Å². The fourth-order valence-electron chi connectivity index (χ4n) is 6.58. The van der Waals surface area contributed by atoms with Gasteiger partial charge in [-0.25, -0.2) is 15.0 Å². The highest BCUT2D eigenvalue weighted by Crippen LogP contribution is 2.40. The lowest BCUT2D eigenvalue weighted by Crippen LogP contribution is -2.00. The SMILES string of the molecule is [2H]c1c([2H])c(-c2nc(-c3ccccc3)nc(-c3ccc4ccccc4c3)n2)c2c(oc3c([2H])c(-n4c5c([2H])c([2H])c([2H])c([2H])c5c5c([2H])c6c([2H])c([2H])c([2H])c([2H])c6c([2H])c54)c([2H])c([2H])c32)c1[2H].